The summed E-state index contributed by atoms with van der Waals surface area (Å²) in [7, 11) is -0.767. The van der Waals surface area contributed by atoms with Gasteiger partial charge in [-0.05, 0) is 48.0 Å². The van der Waals surface area contributed by atoms with Crippen LogP contribution in [0.3, 0.4) is 0 Å². The molecule has 0 amide bonds. The van der Waals surface area contributed by atoms with Crippen molar-refractivity contribution in [2.75, 3.05) is 14.1 Å². The van der Waals surface area contributed by atoms with Crippen molar-refractivity contribution in [3.8, 4) is 11.5 Å². The molecular formula is C22H21NO5S. The molecule has 29 heavy (non-hydrogen) atoms. The molecule has 150 valence electrons. The van der Waals surface area contributed by atoms with Crippen LogP contribution < -0.4 is 9.47 Å². The van der Waals surface area contributed by atoms with Crippen LogP contribution in [-0.4, -0.2) is 32.8 Å². The van der Waals surface area contributed by atoms with E-state index in [0.29, 0.717) is 18.1 Å². The number of esters is 1. The van der Waals surface area contributed by atoms with Gasteiger partial charge in [-0.1, -0.05) is 36.4 Å². The van der Waals surface area contributed by atoms with E-state index in [0.717, 1.165) is 9.87 Å². The van der Waals surface area contributed by atoms with E-state index >= 15 is 0 Å². The fourth-order valence-corrected chi connectivity index (χ4v) is 3.45. The Morgan fingerprint density at radius 3 is 2.17 bits per heavy atom. The van der Waals surface area contributed by atoms with Gasteiger partial charge in [-0.3, -0.25) is 0 Å². The molecule has 0 spiro atoms. The molecule has 0 aromatic heterocycles. The number of rotatable bonds is 7. The van der Waals surface area contributed by atoms with E-state index in [-0.39, 0.29) is 10.5 Å². The zero-order chi connectivity index (χ0) is 20.9. The monoisotopic (exact) mass is 411 g/mol. The second-order valence-electron chi connectivity index (χ2n) is 6.45. The van der Waals surface area contributed by atoms with Gasteiger partial charge in [0.15, 0.2) is 0 Å². The molecule has 3 aromatic rings. The summed E-state index contributed by atoms with van der Waals surface area (Å²) in [5.74, 6) is 0.342. The van der Waals surface area contributed by atoms with Crippen LogP contribution in [0.4, 0.5) is 0 Å². The summed E-state index contributed by atoms with van der Waals surface area (Å²) in [6.45, 7) is 0.438. The second-order valence-corrected chi connectivity index (χ2v) is 8.60. The first-order valence-electron chi connectivity index (χ1n) is 8.88. The molecule has 0 aliphatic carbocycles. The Balaban J connectivity index is 1.65. The van der Waals surface area contributed by atoms with Gasteiger partial charge in [0.25, 0.3) is 0 Å². The lowest BCUT2D eigenvalue weighted by atomic mass is 10.2. The topological polar surface area (TPSA) is 72.9 Å². The average molecular weight is 411 g/mol. The summed E-state index contributed by atoms with van der Waals surface area (Å²) in [4.78, 5) is 12.4. The molecular weight excluding hydrogens is 390 g/mol. The lowest BCUT2D eigenvalue weighted by Gasteiger charge is -2.12. The third kappa shape index (κ3) is 5.22. The minimum Gasteiger partial charge on any atom is -0.489 e. The number of benzene rings is 3. The SMILES string of the molecule is CN(C)S(=O)(=O)c1cccc(C(=O)Oc2ccc(OCc3ccccc3)cc2)c1. The fourth-order valence-electron chi connectivity index (χ4n) is 2.51. The first-order valence-corrected chi connectivity index (χ1v) is 10.3. The molecule has 0 radical (unpaired) electrons. The summed E-state index contributed by atoms with van der Waals surface area (Å²) in [5.41, 5.74) is 1.20. The third-order valence-electron chi connectivity index (χ3n) is 4.13. The van der Waals surface area contributed by atoms with Crippen molar-refractivity contribution in [2.45, 2.75) is 11.5 Å². The molecule has 3 aromatic carbocycles. The normalized spacial score (nSPS) is 11.3. The number of sulfonamides is 1. The highest BCUT2D eigenvalue weighted by molar-refractivity contribution is 7.89. The van der Waals surface area contributed by atoms with E-state index in [4.69, 9.17) is 9.47 Å². The van der Waals surface area contributed by atoms with Crippen LogP contribution in [0.25, 0.3) is 0 Å². The molecule has 7 heteroatoms. The first-order chi connectivity index (χ1) is 13.9. The van der Waals surface area contributed by atoms with Crippen LogP contribution in [0.5, 0.6) is 11.5 Å². The standard InChI is InChI=1S/C22H21NO5S/c1-23(2)29(25,26)21-10-6-9-18(15-21)22(24)28-20-13-11-19(12-14-20)27-16-17-7-4-3-5-8-17/h3-15H,16H2,1-2H3. The number of ether oxygens (including phenoxy) is 2. The van der Waals surface area contributed by atoms with Gasteiger partial charge in [0.05, 0.1) is 10.5 Å². The number of nitrogens with zero attached hydrogens (tertiary/aromatic N) is 1. The van der Waals surface area contributed by atoms with Gasteiger partial charge >= 0.3 is 5.97 Å². The van der Waals surface area contributed by atoms with Crippen LogP contribution in [0.2, 0.25) is 0 Å². The fraction of sp³-hybridized carbons (Fsp3) is 0.136. The highest BCUT2D eigenvalue weighted by Crippen LogP contribution is 2.21. The van der Waals surface area contributed by atoms with Crippen LogP contribution in [0.1, 0.15) is 15.9 Å². The molecule has 0 saturated carbocycles. The Bertz CT molecular complexity index is 1080. The highest BCUT2D eigenvalue weighted by Gasteiger charge is 2.19. The van der Waals surface area contributed by atoms with Crippen molar-refractivity contribution in [1.29, 1.82) is 0 Å². The molecule has 0 atom stereocenters. The quantitative estimate of drug-likeness (QED) is 0.437. The maximum absolute atomic E-state index is 12.4. The zero-order valence-corrected chi connectivity index (χ0v) is 16.9. The van der Waals surface area contributed by atoms with Gasteiger partial charge in [-0.15, -0.1) is 0 Å². The molecule has 0 unspecified atom stereocenters. The van der Waals surface area contributed by atoms with Crippen molar-refractivity contribution in [3.63, 3.8) is 0 Å². The van der Waals surface area contributed by atoms with Crippen molar-refractivity contribution in [2.24, 2.45) is 0 Å². The maximum atomic E-state index is 12.4. The molecule has 0 saturated heterocycles. The maximum Gasteiger partial charge on any atom is 0.343 e. The minimum absolute atomic E-state index is 0.0293. The predicted molar refractivity (Wildman–Crippen MR) is 109 cm³/mol. The Morgan fingerprint density at radius 2 is 1.52 bits per heavy atom. The molecule has 0 fully saturated rings. The number of hydrogen-bond acceptors (Lipinski definition) is 5. The van der Waals surface area contributed by atoms with Gasteiger partial charge in [-0.2, -0.15) is 0 Å². The number of hydrogen-bond donors (Lipinski definition) is 0. The van der Waals surface area contributed by atoms with E-state index in [1.165, 1.54) is 38.4 Å². The molecule has 6 nitrogen and oxygen atoms in total. The van der Waals surface area contributed by atoms with E-state index in [1.807, 2.05) is 30.3 Å². The number of carbonyl (C=O) groups is 1. The van der Waals surface area contributed by atoms with E-state index in [9.17, 15) is 13.2 Å². The molecule has 0 heterocycles. The van der Waals surface area contributed by atoms with E-state index in [1.54, 1.807) is 24.3 Å². The summed E-state index contributed by atoms with van der Waals surface area (Å²) in [5, 5.41) is 0. The molecule has 0 aliphatic heterocycles. The van der Waals surface area contributed by atoms with Crippen LogP contribution in [0, 0.1) is 0 Å². The van der Waals surface area contributed by atoms with Crippen LogP contribution >= 0.6 is 0 Å². The summed E-state index contributed by atoms with van der Waals surface area (Å²) >= 11 is 0. The lowest BCUT2D eigenvalue weighted by molar-refractivity contribution is 0.0734. The zero-order valence-electron chi connectivity index (χ0n) is 16.1. The van der Waals surface area contributed by atoms with Crippen molar-refractivity contribution in [3.05, 3.63) is 90.0 Å². The molecule has 0 bridgehead atoms. The van der Waals surface area contributed by atoms with Gasteiger partial charge in [-0.25, -0.2) is 17.5 Å². The van der Waals surface area contributed by atoms with Gasteiger partial charge in [0, 0.05) is 14.1 Å². The van der Waals surface area contributed by atoms with Gasteiger partial charge < -0.3 is 9.47 Å². The first kappa shape index (κ1) is 20.6. The molecule has 0 N–H and O–H groups in total. The van der Waals surface area contributed by atoms with Crippen LogP contribution in [0.15, 0.2) is 83.8 Å². The third-order valence-corrected chi connectivity index (χ3v) is 5.94. The Hall–Kier alpha value is -3.16. The van der Waals surface area contributed by atoms with Crippen molar-refractivity contribution in [1.82, 2.24) is 4.31 Å². The largest absolute Gasteiger partial charge is 0.489 e. The average Bonchev–Trinajstić information content (AvgIpc) is 2.74. The van der Waals surface area contributed by atoms with E-state index < -0.39 is 16.0 Å². The predicted octanol–water partition coefficient (Wildman–Crippen LogP) is 3.74. The molecule has 3 rings (SSSR count). The Morgan fingerprint density at radius 1 is 0.862 bits per heavy atom. The lowest BCUT2D eigenvalue weighted by Crippen LogP contribution is -2.22. The highest BCUT2D eigenvalue weighted by atomic mass is 32.2. The molecule has 0 aliphatic rings. The summed E-state index contributed by atoms with van der Waals surface area (Å²) in [6, 6.07) is 22.2. The van der Waals surface area contributed by atoms with Gasteiger partial charge in [0.2, 0.25) is 10.0 Å². The Kier molecular flexibility index (Phi) is 6.31. The number of carbonyl (C=O) groups excluding carboxylic acids is 1. The Labute approximate surface area is 170 Å². The second kappa shape index (κ2) is 8.89. The van der Waals surface area contributed by atoms with Gasteiger partial charge in [0.1, 0.15) is 18.1 Å². The summed E-state index contributed by atoms with van der Waals surface area (Å²) in [6.07, 6.45) is 0. The summed E-state index contributed by atoms with van der Waals surface area (Å²) < 4.78 is 36.6. The smallest absolute Gasteiger partial charge is 0.343 e. The minimum atomic E-state index is -3.63. The van der Waals surface area contributed by atoms with Crippen molar-refractivity contribution >= 4 is 16.0 Å². The van der Waals surface area contributed by atoms with Crippen LogP contribution in [-0.2, 0) is 16.6 Å². The van der Waals surface area contributed by atoms with Crippen molar-refractivity contribution < 1.29 is 22.7 Å². The van der Waals surface area contributed by atoms with E-state index in [2.05, 4.69) is 0 Å².